The summed E-state index contributed by atoms with van der Waals surface area (Å²) in [6, 6.07) is 12.9. The third kappa shape index (κ3) is 2.96. The number of hydrogen-bond donors (Lipinski definition) is 2. The lowest BCUT2D eigenvalue weighted by atomic mass is 10.2. The zero-order chi connectivity index (χ0) is 18.3. The van der Waals surface area contributed by atoms with Crippen molar-refractivity contribution in [3.05, 3.63) is 68.8 Å². The van der Waals surface area contributed by atoms with E-state index in [0.29, 0.717) is 26.2 Å². The highest BCUT2D eigenvalue weighted by Crippen LogP contribution is 2.33. The van der Waals surface area contributed by atoms with Gasteiger partial charge >= 0.3 is 0 Å². The smallest absolute Gasteiger partial charge is 0.155 e. The van der Waals surface area contributed by atoms with Crippen LogP contribution in [-0.2, 0) is 0 Å². The highest BCUT2D eigenvalue weighted by molar-refractivity contribution is 7.19. The molecule has 5 nitrogen and oxygen atoms in total. The van der Waals surface area contributed by atoms with Crippen molar-refractivity contribution >= 4 is 62.4 Å². The van der Waals surface area contributed by atoms with Crippen molar-refractivity contribution in [2.24, 2.45) is 5.10 Å². The fourth-order valence-corrected chi connectivity index (χ4v) is 4.01. The van der Waals surface area contributed by atoms with Gasteiger partial charge in [-0.2, -0.15) is 5.10 Å². The number of aliphatic hydroxyl groups is 1. The van der Waals surface area contributed by atoms with Crippen LogP contribution >= 0.6 is 34.5 Å². The molecule has 0 unspecified atom stereocenters. The van der Waals surface area contributed by atoms with Crippen LogP contribution in [0.25, 0.3) is 15.8 Å². The molecule has 0 amide bonds. The molecule has 1 aromatic heterocycles. The maximum absolute atomic E-state index is 10.3. The van der Waals surface area contributed by atoms with Gasteiger partial charge < -0.3 is 5.11 Å². The zero-order valence-corrected chi connectivity index (χ0v) is 15.6. The van der Waals surface area contributed by atoms with Gasteiger partial charge in [0, 0.05) is 5.56 Å². The number of nitrogens with zero attached hydrogens (tertiary/aromatic N) is 3. The van der Waals surface area contributed by atoms with Crippen molar-refractivity contribution in [1.82, 2.24) is 9.99 Å². The summed E-state index contributed by atoms with van der Waals surface area (Å²) in [4.78, 5) is 4.52. The second kappa shape index (κ2) is 6.72. The molecule has 0 saturated carbocycles. The average Bonchev–Trinajstić information content (AvgIpc) is 3.16. The number of para-hydroxylation sites is 1. The number of halogens is 2. The Bertz CT molecular complexity index is 1060. The molecule has 0 saturated heterocycles. The molecule has 26 heavy (non-hydrogen) atoms. The minimum atomic E-state index is 0.0726. The summed E-state index contributed by atoms with van der Waals surface area (Å²) in [5.41, 5.74) is 1.88. The van der Waals surface area contributed by atoms with Crippen LogP contribution in [0.1, 0.15) is 10.6 Å². The molecule has 3 aromatic rings. The number of aliphatic hydroxyl groups excluding tert-OH is 1. The van der Waals surface area contributed by atoms with Crippen molar-refractivity contribution in [1.29, 1.82) is 5.41 Å². The minimum absolute atomic E-state index is 0.0726. The van der Waals surface area contributed by atoms with Crippen molar-refractivity contribution < 1.29 is 5.11 Å². The van der Waals surface area contributed by atoms with Crippen LogP contribution in [-0.4, -0.2) is 33.7 Å². The van der Waals surface area contributed by atoms with Crippen LogP contribution in [0.5, 0.6) is 0 Å². The quantitative estimate of drug-likeness (QED) is 0.591. The molecule has 0 fully saturated rings. The third-order valence-corrected chi connectivity index (χ3v) is 5.80. The molecular weight excluding hydrogens is 391 g/mol. The summed E-state index contributed by atoms with van der Waals surface area (Å²) in [6.07, 6.45) is 1.53. The van der Waals surface area contributed by atoms with E-state index in [9.17, 15) is 5.11 Å². The molecule has 2 aromatic carbocycles. The lowest BCUT2D eigenvalue weighted by Crippen LogP contribution is -2.20. The SMILES string of the molecule is N=C1C(c2nc3ccccc3s2)=C(O)CN1/N=C/c1cccc(Cl)c1Cl. The molecule has 0 radical (unpaired) electrons. The van der Waals surface area contributed by atoms with Gasteiger partial charge in [0.1, 0.15) is 17.3 Å². The largest absolute Gasteiger partial charge is 0.509 e. The number of amidine groups is 1. The molecule has 130 valence electrons. The molecule has 0 atom stereocenters. The van der Waals surface area contributed by atoms with E-state index in [0.717, 1.165) is 10.2 Å². The van der Waals surface area contributed by atoms with Crippen LogP contribution in [0.4, 0.5) is 0 Å². The van der Waals surface area contributed by atoms with Gasteiger partial charge in [-0.25, -0.2) is 9.99 Å². The Kier molecular flexibility index (Phi) is 4.40. The lowest BCUT2D eigenvalue weighted by molar-refractivity contribution is 0.358. The van der Waals surface area contributed by atoms with Crippen LogP contribution in [0.15, 0.2) is 53.3 Å². The average molecular weight is 403 g/mol. The number of benzene rings is 2. The van der Waals surface area contributed by atoms with Gasteiger partial charge in [-0.3, -0.25) is 5.41 Å². The normalized spacial score (nSPS) is 15.0. The Morgan fingerprint density at radius 1 is 1.19 bits per heavy atom. The highest BCUT2D eigenvalue weighted by Gasteiger charge is 2.30. The Labute approximate surface area is 163 Å². The lowest BCUT2D eigenvalue weighted by Gasteiger charge is -2.11. The van der Waals surface area contributed by atoms with Crippen molar-refractivity contribution in [3.63, 3.8) is 0 Å². The summed E-state index contributed by atoms with van der Waals surface area (Å²) in [7, 11) is 0. The van der Waals surface area contributed by atoms with Gasteiger partial charge in [0.2, 0.25) is 0 Å². The van der Waals surface area contributed by atoms with Crippen LogP contribution in [0, 0.1) is 5.41 Å². The van der Waals surface area contributed by atoms with Gasteiger partial charge in [0.15, 0.2) is 5.84 Å². The predicted octanol–water partition coefficient (Wildman–Crippen LogP) is 5.20. The van der Waals surface area contributed by atoms with Crippen molar-refractivity contribution in [2.45, 2.75) is 0 Å². The van der Waals surface area contributed by atoms with Crippen LogP contribution in [0.3, 0.4) is 0 Å². The van der Waals surface area contributed by atoms with Crippen molar-refractivity contribution in [2.75, 3.05) is 6.54 Å². The summed E-state index contributed by atoms with van der Waals surface area (Å²) in [5.74, 6) is 0.166. The molecule has 0 aliphatic carbocycles. The van der Waals surface area contributed by atoms with Gasteiger partial charge in [-0.15, -0.1) is 11.3 Å². The fourth-order valence-electron chi connectivity index (χ4n) is 2.62. The molecule has 4 rings (SSSR count). The number of thiazole rings is 1. The zero-order valence-electron chi connectivity index (χ0n) is 13.3. The molecule has 0 bridgehead atoms. The van der Waals surface area contributed by atoms with Gasteiger partial charge in [0.25, 0.3) is 0 Å². The molecule has 1 aliphatic heterocycles. The third-order valence-electron chi connectivity index (χ3n) is 3.91. The Hall–Kier alpha value is -2.41. The summed E-state index contributed by atoms with van der Waals surface area (Å²) < 4.78 is 1.00. The van der Waals surface area contributed by atoms with E-state index >= 15 is 0 Å². The minimum Gasteiger partial charge on any atom is -0.509 e. The maximum Gasteiger partial charge on any atom is 0.155 e. The summed E-state index contributed by atoms with van der Waals surface area (Å²) in [6.45, 7) is 0.110. The first-order chi connectivity index (χ1) is 12.5. The first kappa shape index (κ1) is 17.0. The van der Waals surface area contributed by atoms with Gasteiger partial charge in [-0.1, -0.05) is 47.5 Å². The predicted molar refractivity (Wildman–Crippen MR) is 108 cm³/mol. The van der Waals surface area contributed by atoms with Gasteiger partial charge in [-0.05, 0) is 18.2 Å². The summed E-state index contributed by atoms with van der Waals surface area (Å²) >= 11 is 13.6. The number of fused-ring (bicyclic) bond motifs is 1. The topological polar surface area (TPSA) is 72.6 Å². The van der Waals surface area contributed by atoms with Crippen molar-refractivity contribution in [3.8, 4) is 0 Å². The van der Waals surface area contributed by atoms with E-state index in [1.165, 1.54) is 22.6 Å². The maximum atomic E-state index is 10.3. The Morgan fingerprint density at radius 2 is 2.00 bits per heavy atom. The summed E-state index contributed by atoms with van der Waals surface area (Å²) in [5, 5.41) is 25.8. The van der Waals surface area contributed by atoms with E-state index in [2.05, 4.69) is 10.1 Å². The number of hydrogen-bond acceptors (Lipinski definition) is 5. The molecular formula is C18H12Cl2N4OS. The monoisotopic (exact) mass is 402 g/mol. The fraction of sp³-hybridized carbons (Fsp3) is 0.0556. The van der Waals surface area contributed by atoms with Crippen LogP contribution in [0.2, 0.25) is 10.0 Å². The van der Waals surface area contributed by atoms with Crippen LogP contribution < -0.4 is 0 Å². The number of nitrogens with one attached hydrogen (secondary N) is 1. The first-order valence-electron chi connectivity index (χ1n) is 7.67. The Morgan fingerprint density at radius 3 is 2.81 bits per heavy atom. The second-order valence-corrected chi connectivity index (χ2v) is 7.42. The van der Waals surface area contributed by atoms with E-state index in [4.69, 9.17) is 28.6 Å². The molecule has 1 aliphatic rings. The van der Waals surface area contributed by atoms with E-state index in [1.807, 2.05) is 24.3 Å². The Balaban J connectivity index is 1.62. The number of aromatic nitrogens is 1. The first-order valence-corrected chi connectivity index (χ1v) is 9.24. The highest BCUT2D eigenvalue weighted by atomic mass is 35.5. The molecule has 8 heteroatoms. The molecule has 2 N–H and O–H groups in total. The van der Waals surface area contributed by atoms with E-state index in [-0.39, 0.29) is 18.1 Å². The number of rotatable bonds is 3. The van der Waals surface area contributed by atoms with Gasteiger partial charge in [0.05, 0.1) is 32.0 Å². The second-order valence-electron chi connectivity index (χ2n) is 5.60. The number of hydrazone groups is 1. The van der Waals surface area contributed by atoms with E-state index in [1.54, 1.807) is 18.2 Å². The van der Waals surface area contributed by atoms with E-state index < -0.39 is 0 Å². The standard InChI is InChI=1S/C18H12Cl2N4OS/c19-11-5-3-4-10(16(11)20)8-22-24-9-13(25)15(17(24)21)18-23-12-6-1-2-7-14(12)26-18/h1-8,21,25H,9H2/b21-17?,22-8+. The molecule has 2 heterocycles. The molecule has 0 spiro atoms.